The third-order valence-electron chi connectivity index (χ3n) is 5.64. The van der Waals surface area contributed by atoms with Crippen LogP contribution in [0.2, 0.25) is 0 Å². The van der Waals surface area contributed by atoms with E-state index in [1.807, 2.05) is 48.7 Å². The van der Waals surface area contributed by atoms with E-state index in [2.05, 4.69) is 5.32 Å². The molecule has 31 heavy (non-hydrogen) atoms. The maximum atomic E-state index is 13.4. The summed E-state index contributed by atoms with van der Waals surface area (Å²) in [6.07, 6.45) is 0.719. The normalized spacial score (nSPS) is 17.5. The van der Waals surface area contributed by atoms with Crippen LogP contribution in [0.15, 0.2) is 47.5 Å². The predicted octanol–water partition coefficient (Wildman–Crippen LogP) is 3.87. The van der Waals surface area contributed by atoms with Crippen LogP contribution in [-0.2, 0) is 14.3 Å². The van der Waals surface area contributed by atoms with Crippen molar-refractivity contribution >= 4 is 40.5 Å². The summed E-state index contributed by atoms with van der Waals surface area (Å²) < 4.78 is 5.07. The number of nitrogens with one attached hydrogen (secondary N) is 1. The number of rotatable bonds is 5. The zero-order chi connectivity index (χ0) is 22.0. The smallest absolute Gasteiger partial charge is 0.409 e. The van der Waals surface area contributed by atoms with Crippen molar-refractivity contribution in [1.29, 1.82) is 0 Å². The second-order valence-electron chi connectivity index (χ2n) is 7.56. The first-order valence-corrected chi connectivity index (χ1v) is 11.3. The summed E-state index contributed by atoms with van der Waals surface area (Å²) in [5.74, 6) is -0.593. The molecular formula is C23H25N3O4S. The van der Waals surface area contributed by atoms with Gasteiger partial charge in [-0.05, 0) is 49.8 Å². The Bertz CT molecular complexity index is 1020. The number of carbonyl (C=O) groups is 3. The molecule has 0 bridgehead atoms. The number of ether oxygens (including phenoxy) is 1. The molecule has 8 heteroatoms. The number of hydrogen-bond donors (Lipinski definition) is 1. The van der Waals surface area contributed by atoms with Crippen LogP contribution in [0.5, 0.6) is 0 Å². The predicted molar refractivity (Wildman–Crippen MR) is 120 cm³/mol. The van der Waals surface area contributed by atoms with E-state index in [1.54, 1.807) is 11.8 Å². The highest BCUT2D eigenvalue weighted by atomic mass is 32.1. The van der Waals surface area contributed by atoms with Crippen LogP contribution in [0, 0.1) is 6.92 Å². The van der Waals surface area contributed by atoms with Gasteiger partial charge in [0, 0.05) is 29.7 Å². The minimum atomic E-state index is -0.348. The number of imide groups is 1. The zero-order valence-electron chi connectivity index (χ0n) is 17.6. The van der Waals surface area contributed by atoms with Gasteiger partial charge in [-0.1, -0.05) is 24.3 Å². The molecule has 0 unspecified atom stereocenters. The van der Waals surface area contributed by atoms with Crippen molar-refractivity contribution in [3.05, 3.63) is 57.9 Å². The largest absolute Gasteiger partial charge is 0.450 e. The molecular weight excluding hydrogens is 414 g/mol. The molecule has 1 aromatic carbocycles. The Balaban J connectivity index is 1.59. The first kappa shape index (κ1) is 21.1. The van der Waals surface area contributed by atoms with Gasteiger partial charge in [-0.3, -0.25) is 14.5 Å². The molecule has 0 radical (unpaired) electrons. The first-order chi connectivity index (χ1) is 15.0. The summed E-state index contributed by atoms with van der Waals surface area (Å²) >= 11 is 1.44. The number of hydrogen-bond acceptors (Lipinski definition) is 6. The highest BCUT2D eigenvalue weighted by Gasteiger charge is 2.44. The van der Waals surface area contributed by atoms with Gasteiger partial charge < -0.3 is 15.0 Å². The van der Waals surface area contributed by atoms with Gasteiger partial charge in [-0.25, -0.2) is 4.79 Å². The lowest BCUT2D eigenvalue weighted by molar-refractivity contribution is -0.140. The lowest BCUT2D eigenvalue weighted by atomic mass is 10.0. The van der Waals surface area contributed by atoms with Gasteiger partial charge in [0.15, 0.2) is 0 Å². The standard InChI is InChI=1S/C23H25N3O4S/c1-3-30-23(29)25-12-10-16(11-13-25)26-21(27)19(18-9-6-14-31-18)20(22(26)28)24-17-8-5-4-7-15(17)2/h4-9,14,16,24H,3,10-13H2,1-2H3. The molecule has 4 rings (SSSR count). The van der Waals surface area contributed by atoms with Crippen molar-refractivity contribution in [1.82, 2.24) is 9.80 Å². The molecule has 1 saturated heterocycles. The number of thiophene rings is 1. The third-order valence-corrected chi connectivity index (χ3v) is 6.53. The molecule has 2 aliphatic heterocycles. The Labute approximate surface area is 185 Å². The second-order valence-corrected chi connectivity index (χ2v) is 8.51. The highest BCUT2D eigenvalue weighted by molar-refractivity contribution is 7.11. The van der Waals surface area contributed by atoms with E-state index in [-0.39, 0.29) is 23.9 Å². The molecule has 1 N–H and O–H groups in total. The van der Waals surface area contributed by atoms with Crippen LogP contribution in [-0.4, -0.2) is 53.4 Å². The summed E-state index contributed by atoms with van der Waals surface area (Å²) in [5, 5.41) is 5.13. The molecule has 1 aromatic heterocycles. The minimum absolute atomic E-state index is 0.253. The summed E-state index contributed by atoms with van der Waals surface area (Å²) in [4.78, 5) is 42.6. The molecule has 7 nitrogen and oxygen atoms in total. The van der Waals surface area contributed by atoms with E-state index >= 15 is 0 Å². The molecule has 1 fully saturated rings. The molecule has 0 atom stereocenters. The average molecular weight is 440 g/mol. The molecule has 3 amide bonds. The monoisotopic (exact) mass is 439 g/mol. The summed E-state index contributed by atoms with van der Waals surface area (Å²) in [6, 6.07) is 11.2. The maximum Gasteiger partial charge on any atom is 0.409 e. The van der Waals surface area contributed by atoms with Crippen molar-refractivity contribution in [3.63, 3.8) is 0 Å². The number of anilines is 1. The Kier molecular flexibility index (Phi) is 6.08. The van der Waals surface area contributed by atoms with E-state index in [0.29, 0.717) is 43.8 Å². The fourth-order valence-electron chi connectivity index (χ4n) is 4.01. The lowest BCUT2D eigenvalue weighted by Crippen LogP contribution is -2.49. The van der Waals surface area contributed by atoms with E-state index in [1.165, 1.54) is 16.2 Å². The van der Waals surface area contributed by atoms with Gasteiger partial charge in [0.05, 0.1) is 12.2 Å². The molecule has 3 heterocycles. The Morgan fingerprint density at radius 2 is 1.87 bits per heavy atom. The summed E-state index contributed by atoms with van der Waals surface area (Å²) in [6.45, 7) is 4.96. The minimum Gasteiger partial charge on any atom is -0.450 e. The number of nitrogens with zero attached hydrogens (tertiary/aromatic N) is 2. The number of aryl methyl sites for hydroxylation is 1. The van der Waals surface area contributed by atoms with Gasteiger partial charge in [-0.15, -0.1) is 11.3 Å². The molecule has 0 spiro atoms. The van der Waals surface area contributed by atoms with Gasteiger partial charge in [-0.2, -0.15) is 0 Å². The Morgan fingerprint density at radius 3 is 2.52 bits per heavy atom. The summed E-state index contributed by atoms with van der Waals surface area (Å²) in [5.41, 5.74) is 2.51. The third kappa shape index (κ3) is 4.07. The molecule has 2 aliphatic rings. The second kappa shape index (κ2) is 8.93. The Morgan fingerprint density at radius 1 is 1.13 bits per heavy atom. The van der Waals surface area contributed by atoms with Crippen LogP contribution in [0.3, 0.4) is 0 Å². The maximum absolute atomic E-state index is 13.4. The highest BCUT2D eigenvalue weighted by Crippen LogP contribution is 2.36. The first-order valence-electron chi connectivity index (χ1n) is 10.4. The number of para-hydroxylation sites is 1. The van der Waals surface area contributed by atoms with Crippen LogP contribution < -0.4 is 5.32 Å². The van der Waals surface area contributed by atoms with Crippen molar-refractivity contribution in [2.24, 2.45) is 0 Å². The van der Waals surface area contributed by atoms with E-state index in [9.17, 15) is 14.4 Å². The van der Waals surface area contributed by atoms with E-state index in [4.69, 9.17) is 4.74 Å². The fraction of sp³-hybridized carbons (Fsp3) is 0.348. The van der Waals surface area contributed by atoms with E-state index < -0.39 is 0 Å². The molecule has 2 aromatic rings. The lowest BCUT2D eigenvalue weighted by Gasteiger charge is -2.35. The van der Waals surface area contributed by atoms with Crippen LogP contribution in [0.1, 0.15) is 30.2 Å². The zero-order valence-corrected chi connectivity index (χ0v) is 18.4. The van der Waals surface area contributed by atoms with E-state index in [0.717, 1.165) is 16.1 Å². The number of benzene rings is 1. The topological polar surface area (TPSA) is 79.0 Å². The average Bonchev–Trinajstić information content (AvgIpc) is 3.37. The van der Waals surface area contributed by atoms with Gasteiger partial charge in [0.25, 0.3) is 11.8 Å². The molecule has 0 saturated carbocycles. The van der Waals surface area contributed by atoms with Crippen LogP contribution in [0.25, 0.3) is 5.57 Å². The Hall–Kier alpha value is -3.13. The summed E-state index contributed by atoms with van der Waals surface area (Å²) in [7, 11) is 0. The molecule has 0 aliphatic carbocycles. The van der Waals surface area contributed by atoms with Crippen LogP contribution in [0.4, 0.5) is 10.5 Å². The quantitative estimate of drug-likeness (QED) is 0.716. The van der Waals surface area contributed by atoms with Crippen molar-refractivity contribution in [3.8, 4) is 0 Å². The number of likely N-dealkylation sites (tertiary alicyclic amines) is 1. The number of piperidine rings is 1. The van der Waals surface area contributed by atoms with Crippen molar-refractivity contribution in [2.45, 2.75) is 32.7 Å². The van der Waals surface area contributed by atoms with Crippen molar-refractivity contribution < 1.29 is 19.1 Å². The van der Waals surface area contributed by atoms with Crippen LogP contribution >= 0.6 is 11.3 Å². The van der Waals surface area contributed by atoms with Gasteiger partial charge >= 0.3 is 6.09 Å². The SMILES string of the molecule is CCOC(=O)N1CCC(N2C(=O)C(Nc3ccccc3C)=C(c3cccs3)C2=O)CC1. The number of carbonyl (C=O) groups excluding carboxylic acids is 3. The number of amides is 3. The van der Waals surface area contributed by atoms with Crippen molar-refractivity contribution in [2.75, 3.05) is 25.0 Å². The van der Waals surface area contributed by atoms with Gasteiger partial charge in [0.2, 0.25) is 0 Å². The van der Waals surface area contributed by atoms with Gasteiger partial charge in [0.1, 0.15) is 5.70 Å². The molecule has 162 valence electrons. The fourth-order valence-corrected chi connectivity index (χ4v) is 4.78.